The summed E-state index contributed by atoms with van der Waals surface area (Å²) in [6.07, 6.45) is -2.64. The van der Waals surface area contributed by atoms with E-state index in [1.807, 2.05) is 18.3 Å². The molecule has 3 fully saturated rings. The second-order valence-electron chi connectivity index (χ2n) is 8.82. The number of rotatable bonds is 5. The Hall–Kier alpha value is -2.94. The summed E-state index contributed by atoms with van der Waals surface area (Å²) in [7, 11) is 0. The van der Waals surface area contributed by atoms with E-state index >= 15 is 0 Å². The minimum Gasteiger partial charge on any atom is -0.475 e. The molecule has 1 saturated carbocycles. The molecule has 208 valence electrons. The lowest BCUT2D eigenvalue weighted by Gasteiger charge is -2.39. The summed E-state index contributed by atoms with van der Waals surface area (Å²) in [6.45, 7) is 4.40. The number of hydrogen-bond acceptors (Lipinski definition) is 6. The van der Waals surface area contributed by atoms with E-state index in [0.717, 1.165) is 44.1 Å². The monoisotopic (exact) mass is 543 g/mol. The first kappa shape index (κ1) is 30.3. The lowest BCUT2D eigenvalue weighted by atomic mass is 9.82. The highest BCUT2D eigenvalue weighted by Crippen LogP contribution is 2.36. The van der Waals surface area contributed by atoms with Crippen LogP contribution in [0.15, 0.2) is 24.5 Å². The molecule has 0 bridgehead atoms. The third-order valence-corrected chi connectivity index (χ3v) is 5.90. The van der Waals surface area contributed by atoms with E-state index in [4.69, 9.17) is 24.5 Å². The van der Waals surface area contributed by atoms with Crippen molar-refractivity contribution in [3.8, 4) is 0 Å². The number of nitrogens with zero attached hydrogens (tertiary/aromatic N) is 2. The van der Waals surface area contributed by atoms with E-state index in [1.165, 1.54) is 12.8 Å². The Morgan fingerprint density at radius 3 is 2.11 bits per heavy atom. The van der Waals surface area contributed by atoms with Crippen LogP contribution in [-0.2, 0) is 25.7 Å². The smallest absolute Gasteiger partial charge is 0.475 e. The van der Waals surface area contributed by atoms with Crippen molar-refractivity contribution in [1.29, 1.82) is 0 Å². The molecule has 9 nitrogen and oxygen atoms in total. The van der Waals surface area contributed by atoms with E-state index in [2.05, 4.69) is 15.2 Å². The normalized spacial score (nSPS) is 23.5. The van der Waals surface area contributed by atoms with E-state index in [9.17, 15) is 31.1 Å². The fourth-order valence-corrected chi connectivity index (χ4v) is 3.97. The molecule has 37 heavy (non-hydrogen) atoms. The number of likely N-dealkylation sites (tertiary alicyclic amines) is 1. The molecular weight excluding hydrogens is 516 g/mol. The van der Waals surface area contributed by atoms with Crippen LogP contribution >= 0.6 is 0 Å². The van der Waals surface area contributed by atoms with Crippen LogP contribution in [0.5, 0.6) is 0 Å². The minimum atomic E-state index is -5.08. The quantitative estimate of drug-likeness (QED) is 0.484. The van der Waals surface area contributed by atoms with Crippen LogP contribution in [0, 0.1) is 17.8 Å². The Balaban J connectivity index is 0.000000286. The molecule has 4 rings (SSSR count). The zero-order valence-corrected chi connectivity index (χ0v) is 19.5. The first-order valence-corrected chi connectivity index (χ1v) is 11.3. The molecule has 1 aliphatic carbocycles. The highest BCUT2D eigenvalue weighted by Gasteiger charge is 2.44. The number of amides is 1. The van der Waals surface area contributed by atoms with Gasteiger partial charge in [-0.2, -0.15) is 26.3 Å². The number of carbonyl (C=O) groups excluding carboxylic acids is 1. The minimum absolute atomic E-state index is 0.0617. The standard InChI is InChI=1S/C18H25N3O2.2C2HF3O2/c22-18(20-9-14-2-1-6-19-8-14)16-11-21(10-13-3-4-13)12-17-15(16)5-7-23-17;2*3-2(4,5)1(6)7/h1-2,6,8,13,15-17H,3-5,7,9-12H2,(H,20,22);2*(H,6,7)/t15-,16+,17+;;/m0../s1. The van der Waals surface area contributed by atoms with E-state index in [-0.39, 0.29) is 17.9 Å². The van der Waals surface area contributed by atoms with E-state index in [1.54, 1.807) is 6.20 Å². The first-order valence-electron chi connectivity index (χ1n) is 11.3. The van der Waals surface area contributed by atoms with Gasteiger partial charge in [0, 0.05) is 51.1 Å². The Bertz CT molecular complexity index is 886. The van der Waals surface area contributed by atoms with Gasteiger partial charge in [0.15, 0.2) is 0 Å². The zero-order valence-electron chi connectivity index (χ0n) is 19.5. The summed E-state index contributed by atoms with van der Waals surface area (Å²) in [5.74, 6) is -4.03. The maximum Gasteiger partial charge on any atom is 0.490 e. The van der Waals surface area contributed by atoms with Gasteiger partial charge in [-0.25, -0.2) is 9.59 Å². The maximum atomic E-state index is 12.7. The lowest BCUT2D eigenvalue weighted by molar-refractivity contribution is -0.193. The number of halogens is 6. The summed E-state index contributed by atoms with van der Waals surface area (Å²) < 4.78 is 69.4. The molecule has 1 amide bonds. The molecule has 3 atom stereocenters. The molecule has 3 heterocycles. The van der Waals surface area contributed by atoms with Crippen LogP contribution in [0.1, 0.15) is 24.8 Å². The van der Waals surface area contributed by atoms with Crippen molar-refractivity contribution in [1.82, 2.24) is 15.2 Å². The molecule has 0 radical (unpaired) electrons. The van der Waals surface area contributed by atoms with Gasteiger partial charge in [0.05, 0.1) is 12.0 Å². The highest BCUT2D eigenvalue weighted by atomic mass is 19.4. The summed E-state index contributed by atoms with van der Waals surface area (Å²) in [6, 6.07) is 3.90. The van der Waals surface area contributed by atoms with Crippen molar-refractivity contribution in [3.05, 3.63) is 30.1 Å². The number of fused-ring (bicyclic) bond motifs is 1. The van der Waals surface area contributed by atoms with Crippen LogP contribution in [-0.4, -0.2) is 82.6 Å². The van der Waals surface area contributed by atoms with Crippen LogP contribution in [0.2, 0.25) is 0 Å². The Morgan fingerprint density at radius 2 is 1.62 bits per heavy atom. The van der Waals surface area contributed by atoms with Gasteiger partial charge in [-0.1, -0.05) is 6.07 Å². The SMILES string of the molecule is O=C(NCc1cccnc1)[C@@H]1CN(CC2CC2)C[C@H]2OCC[C@H]21.O=C(O)C(F)(F)F.O=C(O)C(F)(F)F. The molecule has 3 N–H and O–H groups in total. The van der Waals surface area contributed by atoms with Gasteiger partial charge in [-0.15, -0.1) is 0 Å². The molecule has 1 aromatic heterocycles. The molecule has 0 unspecified atom stereocenters. The zero-order chi connectivity index (χ0) is 27.8. The number of aliphatic carboxylic acids is 2. The van der Waals surface area contributed by atoms with Crippen LogP contribution < -0.4 is 5.32 Å². The molecular formula is C22H27F6N3O6. The van der Waals surface area contributed by atoms with Gasteiger partial charge < -0.3 is 20.3 Å². The molecule has 2 saturated heterocycles. The topological polar surface area (TPSA) is 129 Å². The number of piperidine rings is 1. The fraction of sp³-hybridized carbons (Fsp3) is 0.636. The Morgan fingerprint density at radius 1 is 1.03 bits per heavy atom. The largest absolute Gasteiger partial charge is 0.490 e. The fourth-order valence-electron chi connectivity index (χ4n) is 3.97. The van der Waals surface area contributed by atoms with Crippen LogP contribution in [0.4, 0.5) is 26.3 Å². The third kappa shape index (κ3) is 10.5. The molecule has 0 spiro atoms. The van der Waals surface area contributed by atoms with Crippen molar-refractivity contribution < 1.29 is 55.7 Å². The summed E-state index contributed by atoms with van der Waals surface area (Å²) in [5, 5.41) is 17.4. The molecule has 0 aromatic carbocycles. The molecule has 2 aliphatic heterocycles. The lowest BCUT2D eigenvalue weighted by Crippen LogP contribution is -2.53. The van der Waals surface area contributed by atoms with Crippen molar-refractivity contribution in [2.24, 2.45) is 17.8 Å². The third-order valence-electron chi connectivity index (χ3n) is 5.90. The molecule has 1 aromatic rings. The predicted octanol–water partition coefficient (Wildman–Crippen LogP) is 2.71. The van der Waals surface area contributed by atoms with Gasteiger partial charge in [-0.3, -0.25) is 14.7 Å². The number of aromatic nitrogens is 1. The molecule has 15 heteroatoms. The second-order valence-corrected chi connectivity index (χ2v) is 8.82. The number of alkyl halides is 6. The summed E-state index contributed by atoms with van der Waals surface area (Å²) >= 11 is 0. The number of pyridine rings is 1. The Labute approximate surface area is 207 Å². The number of carboxylic acids is 2. The van der Waals surface area contributed by atoms with Crippen LogP contribution in [0.3, 0.4) is 0 Å². The Kier molecular flexibility index (Phi) is 10.7. The highest BCUT2D eigenvalue weighted by molar-refractivity contribution is 5.79. The second kappa shape index (κ2) is 13.0. The van der Waals surface area contributed by atoms with Crippen molar-refractivity contribution in [2.75, 3.05) is 26.2 Å². The van der Waals surface area contributed by atoms with Gasteiger partial charge in [-0.05, 0) is 36.8 Å². The average Bonchev–Trinajstić information content (AvgIpc) is 3.50. The number of ether oxygens (including phenoxy) is 1. The number of nitrogens with one attached hydrogen (secondary N) is 1. The van der Waals surface area contributed by atoms with Gasteiger partial charge in [0.2, 0.25) is 5.91 Å². The summed E-state index contributed by atoms with van der Waals surface area (Å²) in [4.78, 5) is 37.1. The molecule has 3 aliphatic rings. The number of carboxylic acid groups (broad SMARTS) is 2. The van der Waals surface area contributed by atoms with Gasteiger partial charge in [0.1, 0.15) is 0 Å². The average molecular weight is 543 g/mol. The van der Waals surface area contributed by atoms with Crippen molar-refractivity contribution in [2.45, 2.75) is 44.3 Å². The van der Waals surface area contributed by atoms with Crippen molar-refractivity contribution >= 4 is 17.8 Å². The van der Waals surface area contributed by atoms with Gasteiger partial charge in [0.25, 0.3) is 0 Å². The number of hydrogen-bond donors (Lipinski definition) is 3. The predicted molar refractivity (Wildman–Crippen MR) is 114 cm³/mol. The first-order chi connectivity index (χ1) is 17.2. The van der Waals surface area contributed by atoms with E-state index in [0.29, 0.717) is 12.5 Å². The van der Waals surface area contributed by atoms with Crippen LogP contribution in [0.25, 0.3) is 0 Å². The van der Waals surface area contributed by atoms with Crippen molar-refractivity contribution in [3.63, 3.8) is 0 Å². The van der Waals surface area contributed by atoms with E-state index < -0.39 is 24.3 Å². The number of carbonyl (C=O) groups is 3. The maximum absolute atomic E-state index is 12.7. The summed E-state index contributed by atoms with van der Waals surface area (Å²) in [5.41, 5.74) is 1.05. The van der Waals surface area contributed by atoms with Gasteiger partial charge >= 0.3 is 24.3 Å².